The fourth-order valence-electron chi connectivity index (χ4n) is 2.05. The first-order valence-electron chi connectivity index (χ1n) is 7.78. The first-order chi connectivity index (χ1) is 11.3. The van der Waals surface area contributed by atoms with Crippen molar-refractivity contribution in [2.75, 3.05) is 33.9 Å². The largest absolute Gasteiger partial charge is 0.491 e. The summed E-state index contributed by atoms with van der Waals surface area (Å²) in [6.45, 7) is 4.88. The molecule has 0 bridgehead atoms. The maximum absolute atomic E-state index is 12.1. The SMILES string of the molecule is COCCOc1cc(C)ccc1CNC(=O)N(C)CC(C)C(=O)O. The van der Waals surface area contributed by atoms with Gasteiger partial charge in [-0.3, -0.25) is 4.79 Å². The van der Waals surface area contributed by atoms with Gasteiger partial charge in [0.25, 0.3) is 0 Å². The van der Waals surface area contributed by atoms with E-state index in [-0.39, 0.29) is 12.6 Å². The maximum Gasteiger partial charge on any atom is 0.317 e. The minimum atomic E-state index is -0.929. The highest BCUT2D eigenvalue weighted by Gasteiger charge is 2.17. The summed E-state index contributed by atoms with van der Waals surface area (Å²) in [4.78, 5) is 24.3. The third-order valence-corrected chi connectivity index (χ3v) is 3.51. The molecule has 0 heterocycles. The lowest BCUT2D eigenvalue weighted by Crippen LogP contribution is -2.40. The highest BCUT2D eigenvalue weighted by atomic mass is 16.5. The molecule has 134 valence electrons. The highest BCUT2D eigenvalue weighted by Crippen LogP contribution is 2.20. The minimum absolute atomic E-state index is 0.145. The maximum atomic E-state index is 12.1. The number of nitrogens with zero attached hydrogens (tertiary/aromatic N) is 1. The lowest BCUT2D eigenvalue weighted by molar-refractivity contribution is -0.141. The summed E-state index contributed by atoms with van der Waals surface area (Å²) in [5, 5.41) is 11.7. The predicted molar refractivity (Wildman–Crippen MR) is 90.2 cm³/mol. The van der Waals surface area contributed by atoms with Crippen LogP contribution in [0.15, 0.2) is 18.2 Å². The van der Waals surface area contributed by atoms with Crippen molar-refractivity contribution in [3.63, 3.8) is 0 Å². The van der Waals surface area contributed by atoms with Crippen LogP contribution < -0.4 is 10.1 Å². The third kappa shape index (κ3) is 6.45. The van der Waals surface area contributed by atoms with E-state index in [0.717, 1.165) is 11.1 Å². The zero-order valence-electron chi connectivity index (χ0n) is 14.7. The molecular formula is C17H26N2O5. The molecule has 2 amide bonds. The molecule has 1 aromatic carbocycles. The number of rotatable bonds is 9. The number of aliphatic carboxylic acids is 1. The molecular weight excluding hydrogens is 312 g/mol. The van der Waals surface area contributed by atoms with Crippen molar-refractivity contribution in [3.05, 3.63) is 29.3 Å². The Labute approximate surface area is 142 Å². The van der Waals surface area contributed by atoms with Gasteiger partial charge in [0.1, 0.15) is 12.4 Å². The van der Waals surface area contributed by atoms with E-state index in [1.54, 1.807) is 21.1 Å². The molecule has 7 nitrogen and oxygen atoms in total. The number of nitrogens with one attached hydrogen (secondary N) is 1. The molecule has 0 aliphatic heterocycles. The highest BCUT2D eigenvalue weighted by molar-refractivity contribution is 5.75. The number of urea groups is 1. The quantitative estimate of drug-likeness (QED) is 0.671. The number of benzene rings is 1. The Hall–Kier alpha value is -2.28. The number of methoxy groups -OCH3 is 1. The average molecular weight is 338 g/mol. The van der Waals surface area contributed by atoms with Gasteiger partial charge in [-0.1, -0.05) is 19.1 Å². The van der Waals surface area contributed by atoms with Gasteiger partial charge in [-0.2, -0.15) is 0 Å². The monoisotopic (exact) mass is 338 g/mol. The first kappa shape index (κ1) is 19.8. The Morgan fingerprint density at radius 2 is 2.04 bits per heavy atom. The predicted octanol–water partition coefficient (Wildman–Crippen LogP) is 1.88. The Morgan fingerprint density at radius 1 is 1.33 bits per heavy atom. The van der Waals surface area contributed by atoms with Crippen molar-refractivity contribution >= 4 is 12.0 Å². The number of carboxylic acids is 1. The topological polar surface area (TPSA) is 88.1 Å². The molecule has 0 radical (unpaired) electrons. The summed E-state index contributed by atoms with van der Waals surface area (Å²) in [5.41, 5.74) is 1.91. The summed E-state index contributed by atoms with van der Waals surface area (Å²) < 4.78 is 10.6. The van der Waals surface area contributed by atoms with Gasteiger partial charge in [-0.05, 0) is 18.6 Å². The van der Waals surface area contributed by atoms with Crippen molar-refractivity contribution in [3.8, 4) is 5.75 Å². The van der Waals surface area contributed by atoms with Gasteiger partial charge in [0.05, 0.1) is 12.5 Å². The van der Waals surface area contributed by atoms with Crippen LogP contribution in [-0.4, -0.2) is 55.9 Å². The average Bonchev–Trinajstić information content (AvgIpc) is 2.53. The molecule has 24 heavy (non-hydrogen) atoms. The number of carbonyl (C=O) groups is 2. The summed E-state index contributed by atoms with van der Waals surface area (Å²) in [6, 6.07) is 5.43. The van der Waals surface area contributed by atoms with Gasteiger partial charge >= 0.3 is 12.0 Å². The fourth-order valence-corrected chi connectivity index (χ4v) is 2.05. The second-order valence-corrected chi connectivity index (χ2v) is 5.73. The van der Waals surface area contributed by atoms with E-state index in [2.05, 4.69) is 5.32 Å². The lowest BCUT2D eigenvalue weighted by Gasteiger charge is -2.20. The van der Waals surface area contributed by atoms with Gasteiger partial charge in [0.15, 0.2) is 0 Å². The van der Waals surface area contributed by atoms with E-state index < -0.39 is 11.9 Å². The van der Waals surface area contributed by atoms with E-state index in [9.17, 15) is 9.59 Å². The molecule has 0 aliphatic carbocycles. The standard InChI is InChI=1S/C17H26N2O5/c1-12-5-6-14(15(9-12)24-8-7-23-4)10-18-17(22)19(3)11-13(2)16(20)21/h5-6,9,13H,7-8,10-11H2,1-4H3,(H,18,22)(H,20,21). The Bertz CT molecular complexity index is 562. The van der Waals surface area contributed by atoms with Gasteiger partial charge in [0, 0.05) is 32.8 Å². The van der Waals surface area contributed by atoms with Crippen LogP contribution in [0.3, 0.4) is 0 Å². The molecule has 1 unspecified atom stereocenters. The summed E-state index contributed by atoms with van der Waals surface area (Å²) >= 11 is 0. The Morgan fingerprint density at radius 3 is 2.67 bits per heavy atom. The summed E-state index contributed by atoms with van der Waals surface area (Å²) in [7, 11) is 3.18. The van der Waals surface area contributed by atoms with Gasteiger partial charge in [-0.15, -0.1) is 0 Å². The number of amides is 2. The van der Waals surface area contributed by atoms with Crippen molar-refractivity contribution < 1.29 is 24.2 Å². The van der Waals surface area contributed by atoms with Crippen LogP contribution in [-0.2, 0) is 16.1 Å². The molecule has 1 rings (SSSR count). The van der Waals surface area contributed by atoms with E-state index in [1.165, 1.54) is 4.90 Å². The lowest BCUT2D eigenvalue weighted by atomic mass is 10.1. The van der Waals surface area contributed by atoms with Crippen LogP contribution in [0.2, 0.25) is 0 Å². The minimum Gasteiger partial charge on any atom is -0.491 e. The van der Waals surface area contributed by atoms with Crippen molar-refractivity contribution in [1.82, 2.24) is 10.2 Å². The number of carboxylic acid groups (broad SMARTS) is 1. The normalized spacial score (nSPS) is 11.7. The van der Waals surface area contributed by atoms with Gasteiger partial charge in [-0.25, -0.2) is 4.79 Å². The third-order valence-electron chi connectivity index (χ3n) is 3.51. The zero-order valence-corrected chi connectivity index (χ0v) is 14.7. The Balaban J connectivity index is 2.62. The number of aryl methyl sites for hydroxylation is 1. The molecule has 1 aromatic rings. The first-order valence-corrected chi connectivity index (χ1v) is 7.78. The molecule has 0 aromatic heterocycles. The second-order valence-electron chi connectivity index (χ2n) is 5.73. The van der Waals surface area contributed by atoms with Crippen molar-refractivity contribution in [2.24, 2.45) is 5.92 Å². The molecule has 0 fully saturated rings. The van der Waals surface area contributed by atoms with Gasteiger partial charge in [0.2, 0.25) is 0 Å². The van der Waals surface area contributed by atoms with E-state index in [1.807, 2.05) is 25.1 Å². The molecule has 0 saturated heterocycles. The zero-order chi connectivity index (χ0) is 18.1. The van der Waals surface area contributed by atoms with Gasteiger partial charge < -0.3 is 24.8 Å². The van der Waals surface area contributed by atoms with Crippen molar-refractivity contribution in [2.45, 2.75) is 20.4 Å². The van der Waals surface area contributed by atoms with Crippen LogP contribution >= 0.6 is 0 Å². The van der Waals surface area contributed by atoms with Crippen LogP contribution in [0.5, 0.6) is 5.75 Å². The molecule has 0 saturated carbocycles. The molecule has 0 aliphatic rings. The second kappa shape index (κ2) is 9.77. The van der Waals surface area contributed by atoms with Crippen LogP contribution in [0, 0.1) is 12.8 Å². The molecule has 0 spiro atoms. The van der Waals surface area contributed by atoms with E-state index in [0.29, 0.717) is 25.5 Å². The van der Waals surface area contributed by atoms with Crippen LogP contribution in [0.4, 0.5) is 4.79 Å². The summed E-state index contributed by atoms with van der Waals surface area (Å²) in [5.74, 6) is -0.844. The van der Waals surface area contributed by atoms with Crippen LogP contribution in [0.25, 0.3) is 0 Å². The van der Waals surface area contributed by atoms with Crippen molar-refractivity contribution in [1.29, 1.82) is 0 Å². The number of ether oxygens (including phenoxy) is 2. The van der Waals surface area contributed by atoms with Crippen LogP contribution in [0.1, 0.15) is 18.1 Å². The number of carbonyl (C=O) groups excluding carboxylic acids is 1. The van der Waals surface area contributed by atoms with E-state index >= 15 is 0 Å². The number of hydrogen-bond acceptors (Lipinski definition) is 4. The molecule has 2 N–H and O–H groups in total. The summed E-state index contributed by atoms with van der Waals surface area (Å²) in [6.07, 6.45) is 0. The number of hydrogen-bond donors (Lipinski definition) is 2. The smallest absolute Gasteiger partial charge is 0.317 e. The fraction of sp³-hybridized carbons (Fsp3) is 0.529. The molecule has 7 heteroatoms. The molecule has 1 atom stereocenters. The van der Waals surface area contributed by atoms with E-state index in [4.69, 9.17) is 14.6 Å². The Kier molecular flexibility index (Phi) is 8.05.